The summed E-state index contributed by atoms with van der Waals surface area (Å²) in [5, 5.41) is 3.19. The molecule has 174 valence electrons. The summed E-state index contributed by atoms with van der Waals surface area (Å²) in [7, 11) is -3.84. The molecular weight excluding hydrogens is 473 g/mol. The lowest BCUT2D eigenvalue weighted by Crippen LogP contribution is -2.52. The molecule has 2 aromatic carbocycles. The van der Waals surface area contributed by atoms with Crippen LogP contribution in [0.15, 0.2) is 48.5 Å². The van der Waals surface area contributed by atoms with Crippen molar-refractivity contribution in [3.05, 3.63) is 64.1 Å². The summed E-state index contributed by atoms with van der Waals surface area (Å²) in [5.74, 6) is -0.827. The van der Waals surface area contributed by atoms with Crippen molar-refractivity contribution < 1.29 is 18.0 Å². The molecule has 0 saturated heterocycles. The van der Waals surface area contributed by atoms with E-state index in [-0.39, 0.29) is 28.2 Å². The number of sulfonamides is 1. The third-order valence-corrected chi connectivity index (χ3v) is 6.39. The van der Waals surface area contributed by atoms with Gasteiger partial charge in [0.1, 0.15) is 12.6 Å². The smallest absolute Gasteiger partial charge is 0.244 e. The molecule has 0 aromatic heterocycles. The predicted octanol–water partition coefficient (Wildman–Crippen LogP) is 3.36. The van der Waals surface area contributed by atoms with Gasteiger partial charge in [-0.25, -0.2) is 8.42 Å². The summed E-state index contributed by atoms with van der Waals surface area (Å²) < 4.78 is 25.9. The van der Waals surface area contributed by atoms with Gasteiger partial charge in [0, 0.05) is 23.1 Å². The molecule has 1 atom stereocenters. The quantitative estimate of drug-likeness (QED) is 0.542. The topological polar surface area (TPSA) is 86.8 Å². The molecule has 2 rings (SSSR count). The van der Waals surface area contributed by atoms with Crippen LogP contribution in [0.5, 0.6) is 0 Å². The van der Waals surface area contributed by atoms with Crippen LogP contribution in [0.3, 0.4) is 0 Å². The molecule has 7 nitrogen and oxygen atoms in total. The Bertz CT molecular complexity index is 1030. The van der Waals surface area contributed by atoms with Gasteiger partial charge >= 0.3 is 0 Å². The predicted molar refractivity (Wildman–Crippen MR) is 129 cm³/mol. The Labute approximate surface area is 199 Å². The molecule has 0 unspecified atom stereocenters. The van der Waals surface area contributed by atoms with Crippen molar-refractivity contribution in [3.8, 4) is 0 Å². The number of rotatable bonds is 10. The van der Waals surface area contributed by atoms with Crippen molar-refractivity contribution in [2.75, 3.05) is 30.2 Å². The second kappa shape index (κ2) is 11.5. The van der Waals surface area contributed by atoms with E-state index in [0.29, 0.717) is 13.0 Å². The lowest BCUT2D eigenvalue weighted by atomic mass is 10.1. The van der Waals surface area contributed by atoms with E-state index in [0.717, 1.165) is 16.1 Å². The fourth-order valence-electron chi connectivity index (χ4n) is 3.19. The Morgan fingerprint density at radius 1 is 1.06 bits per heavy atom. The van der Waals surface area contributed by atoms with Crippen LogP contribution in [0.1, 0.15) is 19.4 Å². The van der Waals surface area contributed by atoms with Crippen molar-refractivity contribution in [1.82, 2.24) is 10.2 Å². The number of hydrogen-bond donors (Lipinski definition) is 1. The average molecular weight is 500 g/mol. The molecule has 0 radical (unpaired) electrons. The van der Waals surface area contributed by atoms with Gasteiger partial charge in [0.05, 0.1) is 11.9 Å². The van der Waals surface area contributed by atoms with Crippen LogP contribution in [0, 0.1) is 0 Å². The lowest BCUT2D eigenvalue weighted by molar-refractivity contribution is -0.138. The molecular formula is C22H27Cl2N3O4S. The Hall–Kier alpha value is -2.29. The summed E-state index contributed by atoms with van der Waals surface area (Å²) in [4.78, 5) is 27.2. The molecule has 0 bridgehead atoms. The van der Waals surface area contributed by atoms with Gasteiger partial charge in [-0.2, -0.15) is 0 Å². The lowest BCUT2D eigenvalue weighted by Gasteiger charge is -2.31. The number of likely N-dealkylation sites (N-methyl/N-ethyl adjacent to an activating group) is 1. The third kappa shape index (κ3) is 7.39. The zero-order valence-corrected chi connectivity index (χ0v) is 20.5. The average Bonchev–Trinajstić information content (AvgIpc) is 2.71. The van der Waals surface area contributed by atoms with Crippen LogP contribution in [-0.4, -0.2) is 57.1 Å². The number of carbonyl (C=O) groups is 2. The fourth-order valence-corrected chi connectivity index (χ4v) is 4.54. The summed E-state index contributed by atoms with van der Waals surface area (Å²) in [6, 6.07) is 13.1. The highest BCUT2D eigenvalue weighted by molar-refractivity contribution is 7.92. The van der Waals surface area contributed by atoms with Crippen molar-refractivity contribution in [1.29, 1.82) is 0 Å². The minimum absolute atomic E-state index is 0.173. The van der Waals surface area contributed by atoms with E-state index >= 15 is 0 Å². The molecule has 0 fully saturated rings. The van der Waals surface area contributed by atoms with E-state index in [9.17, 15) is 18.0 Å². The van der Waals surface area contributed by atoms with Gasteiger partial charge < -0.3 is 10.2 Å². The standard InChI is InChI=1S/C22H27Cl2N3O4S/c1-4-25-22(29)16(2)26(11-10-17-8-6-5-7-9-17)21(28)15-27(32(3,30)31)20-13-18(23)12-19(24)14-20/h5-9,12-14,16H,4,10-11,15H2,1-3H3,(H,25,29)/t16-/m0/s1. The highest BCUT2D eigenvalue weighted by Gasteiger charge is 2.29. The summed E-state index contributed by atoms with van der Waals surface area (Å²) in [5.41, 5.74) is 1.17. The van der Waals surface area contributed by atoms with Gasteiger partial charge in [0.25, 0.3) is 0 Å². The van der Waals surface area contributed by atoms with Crippen molar-refractivity contribution in [3.63, 3.8) is 0 Å². The number of anilines is 1. The van der Waals surface area contributed by atoms with Gasteiger partial charge in [-0.05, 0) is 44.0 Å². The summed E-state index contributed by atoms with van der Waals surface area (Å²) in [6.07, 6.45) is 1.51. The van der Waals surface area contributed by atoms with Gasteiger partial charge in [-0.1, -0.05) is 53.5 Å². The first-order chi connectivity index (χ1) is 15.0. The first-order valence-corrected chi connectivity index (χ1v) is 12.7. The fraction of sp³-hybridized carbons (Fsp3) is 0.364. The first-order valence-electron chi connectivity index (χ1n) is 10.1. The van der Waals surface area contributed by atoms with E-state index in [1.54, 1.807) is 13.8 Å². The Morgan fingerprint density at radius 3 is 2.19 bits per heavy atom. The summed E-state index contributed by atoms with van der Waals surface area (Å²) in [6.45, 7) is 3.58. The maximum absolute atomic E-state index is 13.3. The molecule has 0 saturated carbocycles. The largest absolute Gasteiger partial charge is 0.355 e. The molecule has 0 heterocycles. The highest BCUT2D eigenvalue weighted by atomic mass is 35.5. The van der Waals surface area contributed by atoms with Crippen LogP contribution in [0.2, 0.25) is 10.0 Å². The van der Waals surface area contributed by atoms with Crippen molar-refractivity contribution >= 4 is 50.7 Å². The second-order valence-electron chi connectivity index (χ2n) is 7.29. The molecule has 10 heteroatoms. The maximum Gasteiger partial charge on any atom is 0.244 e. The zero-order chi connectivity index (χ0) is 23.9. The van der Waals surface area contributed by atoms with Gasteiger partial charge in [-0.3, -0.25) is 13.9 Å². The number of carbonyl (C=O) groups excluding carboxylic acids is 2. The van der Waals surface area contributed by atoms with E-state index < -0.39 is 28.5 Å². The molecule has 0 spiro atoms. The van der Waals surface area contributed by atoms with E-state index in [1.165, 1.54) is 23.1 Å². The molecule has 32 heavy (non-hydrogen) atoms. The summed E-state index contributed by atoms with van der Waals surface area (Å²) >= 11 is 12.1. The van der Waals surface area contributed by atoms with Gasteiger partial charge in [0.2, 0.25) is 21.8 Å². The molecule has 0 aliphatic rings. The molecule has 1 N–H and O–H groups in total. The van der Waals surface area contributed by atoms with E-state index in [4.69, 9.17) is 23.2 Å². The number of nitrogens with zero attached hydrogens (tertiary/aromatic N) is 2. The number of benzene rings is 2. The Morgan fingerprint density at radius 2 is 1.66 bits per heavy atom. The number of hydrogen-bond acceptors (Lipinski definition) is 4. The third-order valence-electron chi connectivity index (χ3n) is 4.82. The minimum atomic E-state index is -3.84. The SMILES string of the molecule is CCNC(=O)[C@H](C)N(CCc1ccccc1)C(=O)CN(c1cc(Cl)cc(Cl)c1)S(C)(=O)=O. The van der Waals surface area contributed by atoms with Gasteiger partial charge in [-0.15, -0.1) is 0 Å². The Balaban J connectivity index is 2.33. The molecule has 0 aliphatic carbocycles. The van der Waals surface area contributed by atoms with Crippen LogP contribution >= 0.6 is 23.2 Å². The van der Waals surface area contributed by atoms with Crippen LogP contribution in [0.4, 0.5) is 5.69 Å². The van der Waals surface area contributed by atoms with Crippen molar-refractivity contribution in [2.45, 2.75) is 26.3 Å². The maximum atomic E-state index is 13.3. The highest BCUT2D eigenvalue weighted by Crippen LogP contribution is 2.27. The number of halogens is 2. The van der Waals surface area contributed by atoms with Crippen LogP contribution < -0.4 is 9.62 Å². The second-order valence-corrected chi connectivity index (χ2v) is 10.1. The monoisotopic (exact) mass is 499 g/mol. The number of nitrogens with one attached hydrogen (secondary N) is 1. The molecule has 2 amide bonds. The zero-order valence-electron chi connectivity index (χ0n) is 18.2. The van der Waals surface area contributed by atoms with E-state index in [1.807, 2.05) is 30.3 Å². The normalized spacial score (nSPS) is 12.2. The molecule has 2 aromatic rings. The van der Waals surface area contributed by atoms with Crippen LogP contribution in [0.25, 0.3) is 0 Å². The van der Waals surface area contributed by atoms with Crippen LogP contribution in [-0.2, 0) is 26.0 Å². The van der Waals surface area contributed by atoms with Crippen molar-refractivity contribution in [2.24, 2.45) is 0 Å². The molecule has 0 aliphatic heterocycles. The Kier molecular flexibility index (Phi) is 9.36. The first kappa shape index (κ1) is 26.0. The minimum Gasteiger partial charge on any atom is -0.355 e. The number of amides is 2. The van der Waals surface area contributed by atoms with E-state index in [2.05, 4.69) is 5.32 Å². The van der Waals surface area contributed by atoms with Gasteiger partial charge in [0.15, 0.2) is 0 Å².